The summed E-state index contributed by atoms with van der Waals surface area (Å²) in [6, 6.07) is 1.93. The van der Waals surface area contributed by atoms with Crippen LogP contribution in [-0.2, 0) is 6.61 Å². The van der Waals surface area contributed by atoms with E-state index in [2.05, 4.69) is 9.97 Å². The largest absolute Gasteiger partial charge is 0.458 e. The molecule has 2 aromatic heterocycles. The molecule has 0 amide bonds. The number of rotatable bonds is 2. The van der Waals surface area contributed by atoms with Crippen molar-refractivity contribution in [1.82, 2.24) is 9.97 Å². The summed E-state index contributed by atoms with van der Waals surface area (Å²) in [5, 5.41) is 8.86. The van der Waals surface area contributed by atoms with E-state index in [0.717, 1.165) is 11.3 Å². The van der Waals surface area contributed by atoms with Crippen LogP contribution >= 0.6 is 0 Å². The van der Waals surface area contributed by atoms with E-state index in [1.165, 1.54) is 0 Å². The molecule has 0 bridgehead atoms. The average Bonchev–Trinajstić information content (AvgIpc) is 2.74. The minimum Gasteiger partial charge on any atom is -0.458 e. The van der Waals surface area contributed by atoms with E-state index in [0.29, 0.717) is 17.3 Å². The Balaban J connectivity index is 2.39. The van der Waals surface area contributed by atoms with Gasteiger partial charge < -0.3 is 14.5 Å². The van der Waals surface area contributed by atoms with Crippen LogP contribution in [0.3, 0.4) is 0 Å². The van der Waals surface area contributed by atoms with Crippen LogP contribution in [0.1, 0.15) is 17.0 Å². The van der Waals surface area contributed by atoms with Crippen LogP contribution in [0.2, 0.25) is 0 Å². The summed E-state index contributed by atoms with van der Waals surface area (Å²) in [6.07, 6.45) is 1.60. The van der Waals surface area contributed by atoms with E-state index in [1.54, 1.807) is 6.20 Å². The quantitative estimate of drug-likeness (QED) is 0.762. The lowest BCUT2D eigenvalue weighted by Crippen LogP contribution is -1.81. The Morgan fingerprint density at radius 2 is 2.29 bits per heavy atom. The molecular weight excluding hydrogens is 180 g/mol. The monoisotopic (exact) mass is 192 g/mol. The number of H-pyrrole nitrogens is 1. The van der Waals surface area contributed by atoms with E-state index in [-0.39, 0.29) is 6.61 Å². The molecule has 0 spiro atoms. The maximum Gasteiger partial charge on any atom is 0.173 e. The van der Waals surface area contributed by atoms with Crippen molar-refractivity contribution in [3.8, 4) is 11.6 Å². The molecule has 0 saturated heterocycles. The van der Waals surface area contributed by atoms with Crippen molar-refractivity contribution >= 4 is 0 Å². The Morgan fingerprint density at radius 3 is 2.79 bits per heavy atom. The van der Waals surface area contributed by atoms with E-state index < -0.39 is 0 Å². The molecule has 0 aromatic carbocycles. The normalized spacial score (nSPS) is 10.8. The third-order valence-electron chi connectivity index (χ3n) is 2.20. The fraction of sp³-hybridized carbons (Fsp3) is 0.300. The molecule has 2 N–H and O–H groups in total. The van der Waals surface area contributed by atoms with Gasteiger partial charge in [0.1, 0.15) is 5.76 Å². The summed E-state index contributed by atoms with van der Waals surface area (Å²) >= 11 is 0. The van der Waals surface area contributed by atoms with Crippen LogP contribution < -0.4 is 0 Å². The molecule has 2 aromatic rings. The van der Waals surface area contributed by atoms with E-state index in [9.17, 15) is 0 Å². The minimum atomic E-state index is -0.0360. The van der Waals surface area contributed by atoms with Crippen molar-refractivity contribution in [3.05, 3.63) is 29.3 Å². The van der Waals surface area contributed by atoms with Crippen LogP contribution in [0.5, 0.6) is 0 Å². The number of aromatic nitrogens is 2. The van der Waals surface area contributed by atoms with Crippen LogP contribution in [-0.4, -0.2) is 15.1 Å². The third-order valence-corrected chi connectivity index (χ3v) is 2.20. The highest BCUT2D eigenvalue weighted by Crippen LogP contribution is 2.22. The van der Waals surface area contributed by atoms with Gasteiger partial charge in [-0.3, -0.25) is 0 Å². The Labute approximate surface area is 81.6 Å². The summed E-state index contributed by atoms with van der Waals surface area (Å²) in [5.41, 5.74) is 1.79. The van der Waals surface area contributed by atoms with Gasteiger partial charge in [-0.05, 0) is 25.5 Å². The van der Waals surface area contributed by atoms with Crippen LogP contribution in [0.25, 0.3) is 11.6 Å². The maximum absolute atomic E-state index is 8.86. The van der Waals surface area contributed by atoms with Gasteiger partial charge >= 0.3 is 0 Å². The second-order valence-electron chi connectivity index (χ2n) is 3.27. The number of nitrogens with one attached hydrogen (secondary N) is 1. The van der Waals surface area contributed by atoms with Gasteiger partial charge in [0.25, 0.3) is 0 Å². The van der Waals surface area contributed by atoms with Crippen molar-refractivity contribution < 1.29 is 9.52 Å². The van der Waals surface area contributed by atoms with Gasteiger partial charge in [-0.15, -0.1) is 0 Å². The minimum absolute atomic E-state index is 0.0360. The molecule has 0 unspecified atom stereocenters. The number of aromatic amines is 1. The van der Waals surface area contributed by atoms with Crippen molar-refractivity contribution in [2.45, 2.75) is 20.5 Å². The van der Waals surface area contributed by atoms with E-state index >= 15 is 0 Å². The molecule has 0 fully saturated rings. The van der Waals surface area contributed by atoms with Gasteiger partial charge in [0, 0.05) is 0 Å². The maximum atomic E-state index is 8.86. The number of furan rings is 1. The predicted molar refractivity (Wildman–Crippen MR) is 51.7 cm³/mol. The summed E-state index contributed by atoms with van der Waals surface area (Å²) in [4.78, 5) is 7.07. The molecule has 0 aliphatic heterocycles. The van der Waals surface area contributed by atoms with Gasteiger partial charge in [0.2, 0.25) is 0 Å². The van der Waals surface area contributed by atoms with E-state index in [4.69, 9.17) is 9.52 Å². The van der Waals surface area contributed by atoms with Gasteiger partial charge in [-0.25, -0.2) is 4.98 Å². The average molecular weight is 192 g/mol. The number of hydrogen-bond acceptors (Lipinski definition) is 3. The fourth-order valence-electron chi connectivity index (χ4n) is 1.25. The highest BCUT2D eigenvalue weighted by atomic mass is 16.3. The number of nitrogens with zero attached hydrogens (tertiary/aromatic N) is 1. The lowest BCUT2D eigenvalue weighted by molar-refractivity contribution is 0.277. The molecule has 2 heterocycles. The van der Waals surface area contributed by atoms with Gasteiger partial charge in [0.05, 0.1) is 18.5 Å². The first-order chi connectivity index (χ1) is 6.70. The molecule has 0 saturated carbocycles. The fourth-order valence-corrected chi connectivity index (χ4v) is 1.25. The molecule has 4 heteroatoms. The van der Waals surface area contributed by atoms with E-state index in [1.807, 2.05) is 19.9 Å². The second-order valence-corrected chi connectivity index (χ2v) is 3.27. The topological polar surface area (TPSA) is 62.1 Å². The van der Waals surface area contributed by atoms with Crippen LogP contribution in [0, 0.1) is 13.8 Å². The Bertz CT molecular complexity index is 423. The predicted octanol–water partition coefficient (Wildman–Crippen LogP) is 1.78. The lowest BCUT2D eigenvalue weighted by Gasteiger charge is -1.89. The number of aliphatic hydroxyl groups excluding tert-OH is 1. The number of imidazole rings is 1. The highest BCUT2D eigenvalue weighted by molar-refractivity contribution is 5.49. The van der Waals surface area contributed by atoms with Crippen molar-refractivity contribution in [3.63, 3.8) is 0 Å². The highest BCUT2D eigenvalue weighted by Gasteiger charge is 2.09. The molecule has 14 heavy (non-hydrogen) atoms. The van der Waals surface area contributed by atoms with Crippen LogP contribution in [0.15, 0.2) is 16.7 Å². The molecule has 0 atom stereocenters. The molecule has 0 aliphatic rings. The number of hydrogen-bond donors (Lipinski definition) is 2. The SMILES string of the molecule is Cc1cc(-c2ncc(CO)[nH]2)oc1C. The Hall–Kier alpha value is -1.55. The zero-order chi connectivity index (χ0) is 10.1. The van der Waals surface area contributed by atoms with Crippen molar-refractivity contribution in [2.24, 2.45) is 0 Å². The van der Waals surface area contributed by atoms with Gasteiger partial charge in [-0.1, -0.05) is 0 Å². The molecule has 4 nitrogen and oxygen atoms in total. The first kappa shape index (κ1) is 9.02. The molecule has 74 valence electrons. The molecule has 2 rings (SSSR count). The smallest absolute Gasteiger partial charge is 0.173 e. The van der Waals surface area contributed by atoms with Gasteiger partial charge in [-0.2, -0.15) is 0 Å². The number of aryl methyl sites for hydroxylation is 2. The zero-order valence-corrected chi connectivity index (χ0v) is 8.16. The molecule has 0 radical (unpaired) electrons. The standard InChI is InChI=1S/C10H12N2O2/c1-6-3-9(14-7(6)2)10-11-4-8(5-13)12-10/h3-4,13H,5H2,1-2H3,(H,11,12). The Morgan fingerprint density at radius 1 is 1.50 bits per heavy atom. The van der Waals surface area contributed by atoms with Gasteiger partial charge in [0.15, 0.2) is 11.6 Å². The molecule has 0 aliphatic carbocycles. The third kappa shape index (κ3) is 1.44. The van der Waals surface area contributed by atoms with Crippen molar-refractivity contribution in [1.29, 1.82) is 0 Å². The first-order valence-electron chi connectivity index (χ1n) is 4.43. The summed E-state index contributed by atoms with van der Waals surface area (Å²) < 4.78 is 5.48. The second kappa shape index (κ2) is 3.31. The zero-order valence-electron chi connectivity index (χ0n) is 8.16. The first-order valence-corrected chi connectivity index (χ1v) is 4.43. The van der Waals surface area contributed by atoms with Crippen molar-refractivity contribution in [2.75, 3.05) is 0 Å². The molecular formula is C10H12N2O2. The van der Waals surface area contributed by atoms with Crippen LogP contribution in [0.4, 0.5) is 0 Å². The Kier molecular flexibility index (Phi) is 2.13. The summed E-state index contributed by atoms with van der Waals surface area (Å²) in [5.74, 6) is 2.26. The lowest BCUT2D eigenvalue weighted by atomic mass is 10.3. The summed E-state index contributed by atoms with van der Waals surface area (Å²) in [7, 11) is 0. The number of aliphatic hydroxyl groups is 1. The summed E-state index contributed by atoms with van der Waals surface area (Å²) in [6.45, 7) is 3.86.